The molecule has 4 rings (SSSR count). The zero-order valence-electron chi connectivity index (χ0n) is 19.8. The van der Waals surface area contributed by atoms with Crippen LogP contribution in [-0.2, 0) is 11.8 Å². The van der Waals surface area contributed by atoms with Crippen LogP contribution in [0.5, 0.6) is 11.6 Å². The number of rotatable bonds is 11. The van der Waals surface area contributed by atoms with E-state index in [-0.39, 0.29) is 47.8 Å². The van der Waals surface area contributed by atoms with Crippen LogP contribution in [0.15, 0.2) is 24.3 Å². The predicted molar refractivity (Wildman–Crippen MR) is 131 cm³/mol. The van der Waals surface area contributed by atoms with Gasteiger partial charge >= 0.3 is 0 Å². The van der Waals surface area contributed by atoms with E-state index in [1.807, 2.05) is 19.1 Å². The van der Waals surface area contributed by atoms with Crippen molar-refractivity contribution < 1.29 is 19.7 Å². The third kappa shape index (κ3) is 5.47. The summed E-state index contributed by atoms with van der Waals surface area (Å²) in [5.74, 6) is -0.152. The number of benzene rings is 1. The molecule has 0 atom stereocenters. The predicted octanol–water partition coefficient (Wildman–Crippen LogP) is 4.67. The Morgan fingerprint density at radius 2 is 1.91 bits per heavy atom. The lowest BCUT2D eigenvalue weighted by molar-refractivity contribution is 0.0694. The number of aliphatic hydroxyl groups excluding tert-OH is 1. The second kappa shape index (κ2) is 10.9. The molecule has 2 aromatic rings. The fourth-order valence-electron chi connectivity index (χ4n) is 4.96. The van der Waals surface area contributed by atoms with E-state index in [4.69, 9.17) is 16.3 Å². The number of halogens is 1. The zero-order valence-corrected chi connectivity index (χ0v) is 20.6. The largest absolute Gasteiger partial charge is 0.491 e. The average Bonchev–Trinajstić information content (AvgIpc) is 3.56. The number of aromatic hydroxyl groups is 1. The van der Waals surface area contributed by atoms with Crippen LogP contribution < -0.4 is 4.74 Å². The Morgan fingerprint density at radius 1 is 1.21 bits per heavy atom. The number of amides is 1. The molecule has 0 spiro atoms. The van der Waals surface area contributed by atoms with Crippen molar-refractivity contribution in [3.63, 3.8) is 0 Å². The van der Waals surface area contributed by atoms with Gasteiger partial charge in [0.15, 0.2) is 5.69 Å². The third-order valence-corrected chi connectivity index (χ3v) is 7.20. The fourth-order valence-corrected chi connectivity index (χ4v) is 5.09. The summed E-state index contributed by atoms with van der Waals surface area (Å²) < 4.78 is 5.81. The molecule has 184 valence electrons. The molecule has 7 nitrogen and oxygen atoms in total. The molecule has 34 heavy (non-hydrogen) atoms. The number of aliphatic hydroxyl groups is 1. The molecule has 1 amide bonds. The number of ether oxygens (including phenoxy) is 1. The van der Waals surface area contributed by atoms with E-state index in [0.717, 1.165) is 51.4 Å². The van der Waals surface area contributed by atoms with Crippen LogP contribution in [-0.4, -0.2) is 56.8 Å². The maximum atomic E-state index is 13.5. The first-order valence-corrected chi connectivity index (χ1v) is 12.8. The Labute approximate surface area is 206 Å². The Morgan fingerprint density at radius 3 is 2.53 bits per heavy atom. The maximum absolute atomic E-state index is 13.5. The highest BCUT2D eigenvalue weighted by atomic mass is 35.5. The number of carbonyl (C=O) groups excluding carboxylic acids is 1. The molecule has 0 unspecified atom stereocenters. The van der Waals surface area contributed by atoms with Gasteiger partial charge in [-0.15, -0.1) is 0 Å². The summed E-state index contributed by atoms with van der Waals surface area (Å²) in [5, 5.41) is 21.0. The van der Waals surface area contributed by atoms with Gasteiger partial charge in [0.2, 0.25) is 5.75 Å². The van der Waals surface area contributed by atoms with Gasteiger partial charge in [-0.3, -0.25) is 4.79 Å². The quantitative estimate of drug-likeness (QED) is 0.447. The van der Waals surface area contributed by atoms with Gasteiger partial charge in [-0.2, -0.15) is 4.98 Å². The lowest BCUT2D eigenvalue weighted by Crippen LogP contribution is -2.36. The summed E-state index contributed by atoms with van der Waals surface area (Å²) >= 11 is 6.12. The van der Waals surface area contributed by atoms with Gasteiger partial charge in [-0.1, -0.05) is 49.9 Å². The molecule has 0 aliphatic heterocycles. The Bertz CT molecular complexity index is 988. The van der Waals surface area contributed by atoms with Crippen molar-refractivity contribution >= 4 is 17.5 Å². The molecule has 2 aliphatic carbocycles. The lowest BCUT2D eigenvalue weighted by Gasteiger charge is -2.29. The van der Waals surface area contributed by atoms with Gasteiger partial charge in [0.25, 0.3) is 11.8 Å². The molecule has 1 heterocycles. The number of hydrogen-bond acceptors (Lipinski definition) is 6. The molecule has 1 aromatic carbocycles. The van der Waals surface area contributed by atoms with Crippen LogP contribution in [0, 0.1) is 0 Å². The second-order valence-corrected chi connectivity index (χ2v) is 9.90. The second-order valence-electron chi connectivity index (χ2n) is 9.47. The van der Waals surface area contributed by atoms with Gasteiger partial charge in [-0.05, 0) is 49.8 Å². The molecule has 0 bridgehead atoms. The molecule has 0 saturated heterocycles. The molecule has 2 fully saturated rings. The molecule has 2 aliphatic rings. The van der Waals surface area contributed by atoms with E-state index in [1.54, 1.807) is 4.90 Å². The van der Waals surface area contributed by atoms with Crippen molar-refractivity contribution in [1.29, 1.82) is 0 Å². The van der Waals surface area contributed by atoms with Crippen LogP contribution in [0.25, 0.3) is 0 Å². The lowest BCUT2D eigenvalue weighted by atomic mass is 9.76. The average molecular weight is 488 g/mol. The highest BCUT2D eigenvalue weighted by Crippen LogP contribution is 2.44. The Balaban J connectivity index is 1.70. The zero-order chi connectivity index (χ0) is 24.1. The number of hydrogen-bond donors (Lipinski definition) is 2. The van der Waals surface area contributed by atoms with Crippen molar-refractivity contribution in [1.82, 2.24) is 14.9 Å². The normalized spacial score (nSPS) is 17.0. The molecular formula is C26H34ClN3O4. The van der Waals surface area contributed by atoms with Crippen LogP contribution >= 0.6 is 11.6 Å². The van der Waals surface area contributed by atoms with Crippen molar-refractivity contribution in [2.24, 2.45) is 0 Å². The van der Waals surface area contributed by atoms with Gasteiger partial charge in [0, 0.05) is 29.4 Å². The molecule has 2 saturated carbocycles. The number of aromatic nitrogens is 2. The molecule has 1 aromatic heterocycles. The summed E-state index contributed by atoms with van der Waals surface area (Å²) in [6, 6.07) is 8.00. The SMILES string of the molecule is CCCCOc1c(O)nc(CC2(c3ccc(Cl)cc3)CCCC2)nc1C(=O)N(CCO)C1CC1. The van der Waals surface area contributed by atoms with E-state index < -0.39 is 0 Å². The van der Waals surface area contributed by atoms with E-state index in [1.165, 1.54) is 5.56 Å². The minimum absolute atomic E-state index is 0.0396. The first-order chi connectivity index (χ1) is 16.5. The van der Waals surface area contributed by atoms with Crippen molar-refractivity contribution in [2.75, 3.05) is 19.8 Å². The van der Waals surface area contributed by atoms with Crippen LogP contribution in [0.1, 0.15) is 80.2 Å². The van der Waals surface area contributed by atoms with Crippen LogP contribution in [0.4, 0.5) is 0 Å². The van der Waals surface area contributed by atoms with Gasteiger partial charge in [0.1, 0.15) is 5.82 Å². The van der Waals surface area contributed by atoms with Crippen molar-refractivity contribution in [3.05, 3.63) is 46.4 Å². The summed E-state index contributed by atoms with van der Waals surface area (Å²) in [5.41, 5.74) is 1.10. The first kappa shape index (κ1) is 24.7. The van der Waals surface area contributed by atoms with E-state index in [2.05, 4.69) is 22.1 Å². The summed E-state index contributed by atoms with van der Waals surface area (Å²) in [6.07, 6.45) is 8.20. The summed E-state index contributed by atoms with van der Waals surface area (Å²) in [6.45, 7) is 2.51. The van der Waals surface area contributed by atoms with E-state index >= 15 is 0 Å². The van der Waals surface area contributed by atoms with Crippen molar-refractivity contribution in [3.8, 4) is 11.6 Å². The highest BCUT2D eigenvalue weighted by Gasteiger charge is 2.39. The molecular weight excluding hydrogens is 454 g/mol. The number of nitrogens with zero attached hydrogens (tertiary/aromatic N) is 3. The molecule has 2 N–H and O–H groups in total. The standard InChI is InChI=1S/C26H34ClN3O4/c1-2-3-16-34-23-22(25(33)30(14-15-31)20-10-11-20)28-21(29-24(23)32)17-26(12-4-5-13-26)18-6-8-19(27)9-7-18/h6-9,20,31H,2-5,10-17H2,1H3,(H,28,29,32). The van der Waals surface area contributed by atoms with Gasteiger partial charge in [0.05, 0.1) is 13.2 Å². The number of carbonyl (C=O) groups is 1. The smallest absolute Gasteiger partial charge is 0.276 e. The molecule has 8 heteroatoms. The third-order valence-electron chi connectivity index (χ3n) is 6.94. The van der Waals surface area contributed by atoms with E-state index in [9.17, 15) is 15.0 Å². The van der Waals surface area contributed by atoms with E-state index in [0.29, 0.717) is 23.9 Å². The highest BCUT2D eigenvalue weighted by molar-refractivity contribution is 6.30. The molecule has 0 radical (unpaired) electrons. The first-order valence-electron chi connectivity index (χ1n) is 12.4. The Hall–Kier alpha value is -2.38. The number of unbranched alkanes of at least 4 members (excludes halogenated alkanes) is 1. The van der Waals surface area contributed by atoms with Gasteiger partial charge in [-0.25, -0.2) is 4.98 Å². The Kier molecular flexibility index (Phi) is 7.94. The minimum Gasteiger partial charge on any atom is -0.491 e. The minimum atomic E-state index is -0.325. The van der Waals surface area contributed by atoms with Crippen LogP contribution in [0.3, 0.4) is 0 Å². The van der Waals surface area contributed by atoms with Crippen LogP contribution in [0.2, 0.25) is 5.02 Å². The fraction of sp³-hybridized carbons (Fsp3) is 0.577. The van der Waals surface area contributed by atoms with Gasteiger partial charge < -0.3 is 19.8 Å². The monoisotopic (exact) mass is 487 g/mol. The maximum Gasteiger partial charge on any atom is 0.276 e. The topological polar surface area (TPSA) is 95.8 Å². The summed E-state index contributed by atoms with van der Waals surface area (Å²) in [4.78, 5) is 24.2. The summed E-state index contributed by atoms with van der Waals surface area (Å²) in [7, 11) is 0. The van der Waals surface area contributed by atoms with Crippen molar-refractivity contribution in [2.45, 2.75) is 76.2 Å².